The molecule has 0 spiro atoms. The van der Waals surface area contributed by atoms with Crippen LogP contribution in [0.5, 0.6) is 17.2 Å². The third-order valence-electron chi connectivity index (χ3n) is 13.5. The highest BCUT2D eigenvalue weighted by Gasteiger charge is 2.39. The highest BCUT2D eigenvalue weighted by Crippen LogP contribution is 2.36. The van der Waals surface area contributed by atoms with Crippen molar-refractivity contribution < 1.29 is 28.5 Å². The zero-order chi connectivity index (χ0) is 46.5. The maximum Gasteiger partial charge on any atom is 0.411 e. The van der Waals surface area contributed by atoms with Crippen molar-refractivity contribution in [2.75, 3.05) is 64.9 Å². The van der Waals surface area contributed by atoms with Crippen molar-refractivity contribution in [2.45, 2.75) is 103 Å². The smallest absolute Gasteiger partial charge is 0.411 e. The van der Waals surface area contributed by atoms with Crippen molar-refractivity contribution in [3.63, 3.8) is 0 Å². The van der Waals surface area contributed by atoms with Gasteiger partial charge >= 0.3 is 6.09 Å². The Morgan fingerprint density at radius 3 is 2.34 bits per heavy atom. The van der Waals surface area contributed by atoms with Gasteiger partial charge in [-0.05, 0) is 106 Å². The number of ether oxygens (including phenoxy) is 4. The summed E-state index contributed by atoms with van der Waals surface area (Å²) in [5.74, 6) is 2.64. The fourth-order valence-electron chi connectivity index (χ4n) is 9.96. The first kappa shape index (κ1) is 47.5. The molecule has 2 amide bonds. The van der Waals surface area contributed by atoms with E-state index in [1.165, 1.54) is 44.1 Å². The normalized spacial score (nSPS) is 18.7. The van der Waals surface area contributed by atoms with Crippen LogP contribution in [-0.2, 0) is 22.6 Å². The molecule has 14 heteroatoms. The van der Waals surface area contributed by atoms with Crippen molar-refractivity contribution in [2.24, 2.45) is 0 Å². The van der Waals surface area contributed by atoms with Crippen molar-refractivity contribution >= 4 is 28.6 Å². The quantitative estimate of drug-likeness (QED) is 0.0733. The van der Waals surface area contributed by atoms with Crippen molar-refractivity contribution in [1.82, 2.24) is 29.6 Å². The number of hydrogen-bond acceptors (Lipinski definition) is 11. The Kier molecular flexibility index (Phi) is 16.4. The number of aromatic nitrogens is 2. The maximum absolute atomic E-state index is 13.9. The average Bonchev–Trinajstić information content (AvgIpc) is 3.33. The van der Waals surface area contributed by atoms with Gasteiger partial charge in [0, 0.05) is 69.4 Å². The number of piperidine rings is 2. The largest absolute Gasteiger partial charge is 0.496 e. The van der Waals surface area contributed by atoms with Gasteiger partial charge in [-0.25, -0.2) is 9.78 Å². The molecule has 1 aromatic heterocycles. The van der Waals surface area contributed by atoms with Gasteiger partial charge in [-0.15, -0.1) is 0 Å². The van der Waals surface area contributed by atoms with Gasteiger partial charge in [0.1, 0.15) is 29.2 Å². The lowest BCUT2D eigenvalue weighted by Crippen LogP contribution is -2.54. The van der Waals surface area contributed by atoms with Crippen LogP contribution in [0.25, 0.3) is 16.6 Å². The Balaban J connectivity index is 0.700. The van der Waals surface area contributed by atoms with Crippen LogP contribution in [0.15, 0.2) is 95.8 Å². The number of amides is 2. The first-order valence-electron chi connectivity index (χ1n) is 24.3. The Morgan fingerprint density at radius 1 is 0.821 bits per heavy atom. The molecular weight excluding hydrogens is 847 g/mol. The first-order chi connectivity index (χ1) is 32.8. The van der Waals surface area contributed by atoms with E-state index < -0.39 is 0 Å². The van der Waals surface area contributed by atoms with E-state index in [0.29, 0.717) is 91.0 Å². The van der Waals surface area contributed by atoms with Crippen LogP contribution in [0, 0.1) is 6.92 Å². The molecule has 67 heavy (non-hydrogen) atoms. The molecule has 0 saturated carbocycles. The second-order valence-electron chi connectivity index (χ2n) is 18.1. The number of hydrogen-bond donors (Lipinski definition) is 2. The maximum atomic E-state index is 13.9. The second kappa shape index (κ2) is 23.2. The third kappa shape index (κ3) is 12.3. The number of unbranched alkanes of at least 4 members (excludes halogenated alkanes) is 3. The number of fused-ring (bicyclic) bond motifs is 3. The standard InChI is InChI=1S/C53H67N7O7/c1-4-65-48-19-10-9-18-47(48)60-50(56-46-17-8-7-16-45(46)52(60)62)36-57-28-30-58(31-29-57)51(61)37-66-43-24-21-39(22-25-43)35-54-26-11-5-6-12-27-59-41-14-13-15-42(59)34-44(33-41)67-53(63)55-40-23-20-38(2)49(32-40)64-3/h7-10,16-25,32,41-42,44,54H,4-6,11-15,26-31,33-37H2,1-3H3,(H,55,63). The van der Waals surface area contributed by atoms with Crippen LogP contribution in [0.2, 0.25) is 0 Å². The van der Waals surface area contributed by atoms with Gasteiger partial charge in [-0.3, -0.25) is 29.3 Å². The summed E-state index contributed by atoms with van der Waals surface area (Å²) in [7, 11) is 1.63. The molecular formula is C53H67N7O7. The van der Waals surface area contributed by atoms with Gasteiger partial charge < -0.3 is 29.2 Å². The number of carbonyl (C=O) groups is 2. The number of methoxy groups -OCH3 is 1. The molecule has 5 aromatic rings. The van der Waals surface area contributed by atoms with Crippen LogP contribution in [0.4, 0.5) is 10.5 Å². The van der Waals surface area contributed by atoms with E-state index in [0.717, 1.165) is 50.2 Å². The molecule has 0 radical (unpaired) electrons. The summed E-state index contributed by atoms with van der Waals surface area (Å²) >= 11 is 0. The van der Waals surface area contributed by atoms with E-state index in [2.05, 4.69) is 32.6 Å². The predicted molar refractivity (Wildman–Crippen MR) is 261 cm³/mol. The molecule has 4 heterocycles. The minimum absolute atomic E-state index is 0.0180. The minimum atomic E-state index is -0.390. The zero-order valence-corrected chi connectivity index (χ0v) is 39.4. The molecule has 0 aliphatic carbocycles. The topological polar surface area (TPSA) is 140 Å². The summed E-state index contributed by atoms with van der Waals surface area (Å²) < 4.78 is 24.8. The van der Waals surface area contributed by atoms with Crippen LogP contribution in [-0.4, -0.2) is 114 Å². The lowest BCUT2D eigenvalue weighted by atomic mass is 9.82. The molecule has 14 nitrogen and oxygen atoms in total. The molecule has 2 bridgehead atoms. The number of benzene rings is 4. The number of para-hydroxylation sites is 3. The van der Waals surface area contributed by atoms with Gasteiger partial charge in [0.2, 0.25) is 0 Å². The van der Waals surface area contributed by atoms with E-state index in [-0.39, 0.29) is 30.3 Å². The summed E-state index contributed by atoms with van der Waals surface area (Å²) in [5, 5.41) is 7.03. The fourth-order valence-corrected chi connectivity index (χ4v) is 9.96. The SMILES string of the molecule is CCOc1ccccc1-n1c(CN2CCN(C(=O)COc3ccc(CNCCCCCCN4C5CCCC4CC(OC(=O)Nc4ccc(C)c(OC)c4)C5)cc3)CC2)nc2ccccc2c1=O. The molecule has 356 valence electrons. The summed E-state index contributed by atoms with van der Waals surface area (Å²) in [4.78, 5) is 51.6. The van der Waals surface area contributed by atoms with E-state index in [4.69, 9.17) is 23.9 Å². The third-order valence-corrected chi connectivity index (χ3v) is 13.5. The van der Waals surface area contributed by atoms with E-state index in [1.807, 2.05) is 97.6 Å². The highest BCUT2D eigenvalue weighted by atomic mass is 16.6. The Labute approximate surface area is 394 Å². The summed E-state index contributed by atoms with van der Waals surface area (Å²) in [6.07, 6.45) is 9.68. The Hall–Kier alpha value is -5.96. The highest BCUT2D eigenvalue weighted by molar-refractivity contribution is 5.85. The van der Waals surface area contributed by atoms with Gasteiger partial charge in [0.05, 0.1) is 36.9 Å². The number of carbonyl (C=O) groups excluding carboxylic acids is 2. The number of anilines is 1. The molecule has 2 unspecified atom stereocenters. The van der Waals surface area contributed by atoms with Crippen LogP contribution >= 0.6 is 0 Å². The predicted octanol–water partition coefficient (Wildman–Crippen LogP) is 8.11. The summed E-state index contributed by atoms with van der Waals surface area (Å²) in [6, 6.07) is 29.6. The van der Waals surface area contributed by atoms with Crippen molar-refractivity contribution in [1.29, 1.82) is 0 Å². The molecule has 3 aliphatic heterocycles. The van der Waals surface area contributed by atoms with Crippen molar-refractivity contribution in [3.05, 3.63) is 118 Å². The molecule has 3 fully saturated rings. The number of nitrogens with zero attached hydrogens (tertiary/aromatic N) is 5. The molecule has 4 aromatic carbocycles. The van der Waals surface area contributed by atoms with E-state index in [9.17, 15) is 14.4 Å². The Bertz CT molecular complexity index is 2470. The molecule has 2 atom stereocenters. The number of piperazine rings is 1. The van der Waals surface area contributed by atoms with Crippen LogP contribution in [0.3, 0.4) is 0 Å². The van der Waals surface area contributed by atoms with Crippen molar-refractivity contribution in [3.8, 4) is 22.9 Å². The molecule has 8 rings (SSSR count). The average molecular weight is 914 g/mol. The summed E-state index contributed by atoms with van der Waals surface area (Å²) in [6.45, 7) is 10.1. The van der Waals surface area contributed by atoms with E-state index >= 15 is 0 Å². The number of aryl methyl sites for hydroxylation is 1. The van der Waals surface area contributed by atoms with Gasteiger partial charge in [-0.1, -0.05) is 61.7 Å². The molecule has 2 N–H and O–H groups in total. The van der Waals surface area contributed by atoms with Crippen LogP contribution < -0.4 is 30.4 Å². The van der Waals surface area contributed by atoms with Gasteiger partial charge in [0.25, 0.3) is 11.5 Å². The lowest BCUT2D eigenvalue weighted by molar-refractivity contribution is -0.135. The van der Waals surface area contributed by atoms with Crippen LogP contribution in [0.1, 0.15) is 81.7 Å². The molecule has 3 aliphatic rings. The minimum Gasteiger partial charge on any atom is -0.496 e. The number of rotatable bonds is 20. The molecule has 3 saturated heterocycles. The second-order valence-corrected chi connectivity index (χ2v) is 18.1. The summed E-state index contributed by atoms with van der Waals surface area (Å²) in [5.41, 5.74) is 4.07. The zero-order valence-electron chi connectivity index (χ0n) is 39.4. The van der Waals surface area contributed by atoms with E-state index in [1.54, 1.807) is 11.7 Å². The monoisotopic (exact) mass is 914 g/mol. The van der Waals surface area contributed by atoms with Gasteiger partial charge in [-0.2, -0.15) is 0 Å². The van der Waals surface area contributed by atoms with Gasteiger partial charge in [0.15, 0.2) is 6.61 Å². The fraction of sp³-hybridized carbons (Fsp3) is 0.472. The lowest BCUT2D eigenvalue weighted by Gasteiger charge is -2.48. The number of nitrogens with one attached hydrogen (secondary N) is 2. The first-order valence-corrected chi connectivity index (χ1v) is 24.3. The Morgan fingerprint density at radius 2 is 1.57 bits per heavy atom.